The van der Waals surface area contributed by atoms with Gasteiger partial charge >= 0.3 is 0 Å². The van der Waals surface area contributed by atoms with Gasteiger partial charge in [-0.1, -0.05) is 11.6 Å². The van der Waals surface area contributed by atoms with Crippen molar-refractivity contribution < 1.29 is 4.74 Å². The van der Waals surface area contributed by atoms with E-state index in [1.807, 2.05) is 30.3 Å². The quantitative estimate of drug-likeness (QED) is 0.575. The van der Waals surface area contributed by atoms with Crippen molar-refractivity contribution in [3.05, 3.63) is 40.8 Å². The van der Waals surface area contributed by atoms with Crippen molar-refractivity contribution >= 4 is 34.2 Å². The Labute approximate surface area is 119 Å². The zero-order valence-electron chi connectivity index (χ0n) is 9.95. The fourth-order valence-corrected chi connectivity index (χ4v) is 2.31. The number of rotatable bonds is 2. The number of benzene rings is 1. The third-order valence-corrected chi connectivity index (χ3v) is 3.27. The third-order valence-electron chi connectivity index (χ3n) is 2.81. The molecule has 3 aromatic rings. The Morgan fingerprint density at radius 2 is 1.84 bits per heavy atom. The molecule has 0 atom stereocenters. The van der Waals surface area contributed by atoms with E-state index in [1.54, 1.807) is 7.11 Å². The minimum Gasteiger partial charge on any atom is -0.497 e. The first kappa shape index (κ1) is 12.3. The second-order valence-corrected chi connectivity index (χ2v) is 4.65. The summed E-state index contributed by atoms with van der Waals surface area (Å²) >= 11 is 11.8. The first-order chi connectivity index (χ1) is 9.17. The molecule has 2 heterocycles. The minimum absolute atomic E-state index is 0.126. The normalized spacial score (nSPS) is 10.9. The van der Waals surface area contributed by atoms with Crippen LogP contribution in [0.25, 0.3) is 22.3 Å². The van der Waals surface area contributed by atoms with Crippen molar-refractivity contribution in [3.8, 4) is 17.0 Å². The summed E-state index contributed by atoms with van der Waals surface area (Å²) in [7, 11) is 1.63. The predicted molar refractivity (Wildman–Crippen MR) is 75.9 cm³/mol. The standard InChI is InChI=1S/C13H9Cl2N3O/c1-19-8-4-2-7(3-5-8)10-6-9-11(14)17-13(15)18-12(9)16-10/h2-6H,1H3,(H,16,17,18). The molecule has 2 aromatic heterocycles. The van der Waals surface area contributed by atoms with Gasteiger partial charge in [-0.2, -0.15) is 4.98 Å². The molecule has 0 aliphatic rings. The second-order valence-electron chi connectivity index (χ2n) is 3.96. The summed E-state index contributed by atoms with van der Waals surface area (Å²) in [5.74, 6) is 0.806. The highest BCUT2D eigenvalue weighted by atomic mass is 35.5. The number of nitrogens with zero attached hydrogens (tertiary/aromatic N) is 2. The molecule has 0 saturated heterocycles. The van der Waals surface area contributed by atoms with Gasteiger partial charge in [-0.05, 0) is 47.5 Å². The number of H-pyrrole nitrogens is 1. The minimum atomic E-state index is 0.126. The summed E-state index contributed by atoms with van der Waals surface area (Å²) in [6.45, 7) is 0. The number of methoxy groups -OCH3 is 1. The van der Waals surface area contributed by atoms with Gasteiger partial charge in [0.2, 0.25) is 5.28 Å². The van der Waals surface area contributed by atoms with Gasteiger partial charge in [-0.3, -0.25) is 0 Å². The highest BCUT2D eigenvalue weighted by Crippen LogP contribution is 2.28. The van der Waals surface area contributed by atoms with Crippen LogP contribution in [0.3, 0.4) is 0 Å². The Bertz CT molecular complexity index is 737. The first-order valence-corrected chi connectivity index (χ1v) is 6.29. The highest BCUT2D eigenvalue weighted by molar-refractivity contribution is 6.35. The molecule has 19 heavy (non-hydrogen) atoms. The molecular weight excluding hydrogens is 285 g/mol. The molecule has 0 bridgehead atoms. The van der Waals surface area contributed by atoms with E-state index >= 15 is 0 Å². The largest absolute Gasteiger partial charge is 0.497 e. The zero-order chi connectivity index (χ0) is 13.4. The van der Waals surface area contributed by atoms with Crippen LogP contribution < -0.4 is 4.74 Å². The van der Waals surface area contributed by atoms with E-state index in [4.69, 9.17) is 27.9 Å². The Morgan fingerprint density at radius 1 is 1.11 bits per heavy atom. The SMILES string of the molecule is COc1ccc(-c2cc3c(Cl)nc(Cl)nc3[nH]2)cc1. The van der Waals surface area contributed by atoms with Crippen molar-refractivity contribution in [1.82, 2.24) is 15.0 Å². The van der Waals surface area contributed by atoms with Gasteiger partial charge in [0.05, 0.1) is 12.5 Å². The molecule has 96 valence electrons. The number of ether oxygens (including phenoxy) is 1. The number of nitrogens with one attached hydrogen (secondary N) is 1. The van der Waals surface area contributed by atoms with Crippen LogP contribution in [0.2, 0.25) is 10.4 Å². The fraction of sp³-hybridized carbons (Fsp3) is 0.0769. The molecule has 1 aromatic carbocycles. The van der Waals surface area contributed by atoms with Crippen LogP contribution in [0.5, 0.6) is 5.75 Å². The molecule has 0 saturated carbocycles. The zero-order valence-corrected chi connectivity index (χ0v) is 11.5. The molecule has 0 fully saturated rings. The second kappa shape index (κ2) is 4.72. The van der Waals surface area contributed by atoms with Gasteiger partial charge in [0.1, 0.15) is 16.5 Å². The molecule has 1 N–H and O–H groups in total. The summed E-state index contributed by atoms with van der Waals surface area (Å²) in [5.41, 5.74) is 2.53. The van der Waals surface area contributed by atoms with Crippen LogP contribution in [-0.4, -0.2) is 22.1 Å². The lowest BCUT2D eigenvalue weighted by Crippen LogP contribution is -1.84. The topological polar surface area (TPSA) is 50.8 Å². The van der Waals surface area contributed by atoms with E-state index in [9.17, 15) is 0 Å². The average molecular weight is 294 g/mol. The van der Waals surface area contributed by atoms with Crippen LogP contribution in [0.15, 0.2) is 30.3 Å². The number of aromatic amines is 1. The Morgan fingerprint density at radius 3 is 2.53 bits per heavy atom. The first-order valence-electron chi connectivity index (χ1n) is 5.53. The van der Waals surface area contributed by atoms with Gasteiger partial charge in [0.15, 0.2) is 0 Å². The van der Waals surface area contributed by atoms with E-state index in [-0.39, 0.29) is 5.28 Å². The maximum absolute atomic E-state index is 6.04. The Kier molecular flexibility index (Phi) is 3.05. The van der Waals surface area contributed by atoms with E-state index < -0.39 is 0 Å². The number of aromatic nitrogens is 3. The number of halogens is 2. The van der Waals surface area contributed by atoms with Gasteiger partial charge in [-0.15, -0.1) is 0 Å². The van der Waals surface area contributed by atoms with Gasteiger partial charge in [-0.25, -0.2) is 4.98 Å². The Hall–Kier alpha value is -1.78. The van der Waals surface area contributed by atoms with Gasteiger partial charge in [0.25, 0.3) is 0 Å². The molecule has 3 rings (SSSR count). The van der Waals surface area contributed by atoms with E-state index in [0.29, 0.717) is 10.8 Å². The Balaban J connectivity index is 2.12. The average Bonchev–Trinajstić information content (AvgIpc) is 2.83. The lowest BCUT2D eigenvalue weighted by Gasteiger charge is -2.00. The van der Waals surface area contributed by atoms with Crippen molar-refractivity contribution in [2.24, 2.45) is 0 Å². The molecule has 4 nitrogen and oxygen atoms in total. The molecule has 0 amide bonds. The summed E-state index contributed by atoms with van der Waals surface area (Å²) in [5, 5.41) is 1.21. The lowest BCUT2D eigenvalue weighted by atomic mass is 10.1. The van der Waals surface area contributed by atoms with Crippen LogP contribution in [0, 0.1) is 0 Å². The van der Waals surface area contributed by atoms with Crippen molar-refractivity contribution in [1.29, 1.82) is 0 Å². The maximum atomic E-state index is 6.04. The van der Waals surface area contributed by atoms with Gasteiger partial charge in [0, 0.05) is 5.69 Å². The molecular formula is C13H9Cl2N3O. The maximum Gasteiger partial charge on any atom is 0.225 e. The smallest absolute Gasteiger partial charge is 0.225 e. The number of hydrogen-bond acceptors (Lipinski definition) is 3. The molecule has 6 heteroatoms. The van der Waals surface area contributed by atoms with E-state index in [2.05, 4.69) is 15.0 Å². The predicted octanol–water partition coefficient (Wildman–Crippen LogP) is 3.94. The monoisotopic (exact) mass is 293 g/mol. The fourth-order valence-electron chi connectivity index (χ4n) is 1.87. The summed E-state index contributed by atoms with van der Waals surface area (Å²) in [6.07, 6.45) is 0. The molecule has 0 spiro atoms. The van der Waals surface area contributed by atoms with Gasteiger partial charge < -0.3 is 9.72 Å². The summed E-state index contributed by atoms with van der Waals surface area (Å²) < 4.78 is 5.13. The molecule has 0 radical (unpaired) electrons. The third kappa shape index (κ3) is 2.25. The number of hydrogen-bond donors (Lipinski definition) is 1. The lowest BCUT2D eigenvalue weighted by molar-refractivity contribution is 0.415. The molecule has 0 aliphatic heterocycles. The molecule has 0 aliphatic carbocycles. The van der Waals surface area contributed by atoms with Crippen LogP contribution in [0.4, 0.5) is 0 Å². The van der Waals surface area contributed by atoms with Crippen LogP contribution in [-0.2, 0) is 0 Å². The van der Waals surface area contributed by atoms with Crippen molar-refractivity contribution in [2.45, 2.75) is 0 Å². The van der Waals surface area contributed by atoms with E-state index in [0.717, 1.165) is 22.4 Å². The summed E-state index contributed by atoms with van der Waals surface area (Å²) in [6, 6.07) is 9.58. The van der Waals surface area contributed by atoms with Crippen LogP contribution >= 0.6 is 23.2 Å². The van der Waals surface area contributed by atoms with Crippen molar-refractivity contribution in [3.63, 3.8) is 0 Å². The molecule has 0 unspecified atom stereocenters. The highest BCUT2D eigenvalue weighted by Gasteiger charge is 2.10. The van der Waals surface area contributed by atoms with Crippen molar-refractivity contribution in [2.75, 3.05) is 7.11 Å². The van der Waals surface area contributed by atoms with Crippen LogP contribution in [0.1, 0.15) is 0 Å². The van der Waals surface area contributed by atoms with E-state index in [1.165, 1.54) is 0 Å². The summed E-state index contributed by atoms with van der Waals surface area (Å²) in [4.78, 5) is 11.2. The number of fused-ring (bicyclic) bond motifs is 1.